The van der Waals surface area contributed by atoms with Gasteiger partial charge in [-0.3, -0.25) is 10.1 Å². The highest BCUT2D eigenvalue weighted by Gasteiger charge is 2.16. The predicted molar refractivity (Wildman–Crippen MR) is 69.8 cm³/mol. The molecule has 1 amide bonds. The van der Waals surface area contributed by atoms with Gasteiger partial charge in [0.1, 0.15) is 17.4 Å². The molecule has 0 saturated carbocycles. The van der Waals surface area contributed by atoms with E-state index in [1.54, 1.807) is 13.8 Å². The Balaban J connectivity index is 1.94. The number of nitrogens with one attached hydrogen (secondary N) is 1. The lowest BCUT2D eigenvalue weighted by Crippen LogP contribution is -2.30. The highest BCUT2D eigenvalue weighted by Crippen LogP contribution is 2.15. The molecule has 0 aliphatic heterocycles. The van der Waals surface area contributed by atoms with Gasteiger partial charge >= 0.3 is 0 Å². The maximum atomic E-state index is 12.7. The molecule has 19 heavy (non-hydrogen) atoms. The highest BCUT2D eigenvalue weighted by atomic mass is 32.1. The third-order valence-corrected chi connectivity index (χ3v) is 2.98. The van der Waals surface area contributed by atoms with Crippen LogP contribution in [0.3, 0.4) is 0 Å². The van der Waals surface area contributed by atoms with Crippen LogP contribution in [0, 0.1) is 12.7 Å². The zero-order valence-electron chi connectivity index (χ0n) is 10.4. The van der Waals surface area contributed by atoms with Crippen molar-refractivity contribution in [2.45, 2.75) is 20.0 Å². The van der Waals surface area contributed by atoms with Crippen molar-refractivity contribution in [3.63, 3.8) is 0 Å². The van der Waals surface area contributed by atoms with E-state index in [2.05, 4.69) is 14.7 Å². The fraction of sp³-hybridized carbons (Fsp3) is 0.250. The Labute approximate surface area is 113 Å². The lowest BCUT2D eigenvalue weighted by molar-refractivity contribution is -0.122. The van der Waals surface area contributed by atoms with Crippen LogP contribution in [-0.4, -0.2) is 21.4 Å². The molecule has 100 valence electrons. The third-order valence-electron chi connectivity index (χ3n) is 2.25. The summed E-state index contributed by atoms with van der Waals surface area (Å²) in [6, 6.07) is 5.48. The van der Waals surface area contributed by atoms with Crippen molar-refractivity contribution >= 4 is 22.6 Å². The van der Waals surface area contributed by atoms with E-state index in [9.17, 15) is 9.18 Å². The van der Waals surface area contributed by atoms with Crippen molar-refractivity contribution in [1.29, 1.82) is 0 Å². The van der Waals surface area contributed by atoms with Crippen LogP contribution in [0.1, 0.15) is 12.7 Å². The molecule has 5 nitrogen and oxygen atoms in total. The summed E-state index contributed by atoms with van der Waals surface area (Å²) in [4.78, 5) is 15.8. The third kappa shape index (κ3) is 3.72. The second-order valence-electron chi connectivity index (χ2n) is 3.85. The van der Waals surface area contributed by atoms with E-state index >= 15 is 0 Å². The summed E-state index contributed by atoms with van der Waals surface area (Å²) in [5.74, 6) is 0.346. The first kappa shape index (κ1) is 13.4. The number of anilines is 1. The molecule has 0 aliphatic carbocycles. The van der Waals surface area contributed by atoms with Crippen molar-refractivity contribution in [3.8, 4) is 5.75 Å². The standard InChI is InChI=1S/C12H12FN3O2S/c1-7(18-10-5-3-9(13)4-6-10)11(17)15-12-14-8(2)16-19-12/h3-7H,1-2H3,(H,14,15,16,17)/t7-/m1/s1. The smallest absolute Gasteiger partial charge is 0.266 e. The van der Waals surface area contributed by atoms with Gasteiger partial charge in [0.15, 0.2) is 6.10 Å². The van der Waals surface area contributed by atoms with Gasteiger partial charge in [-0.05, 0) is 38.1 Å². The predicted octanol–water partition coefficient (Wildman–Crippen LogP) is 2.39. The van der Waals surface area contributed by atoms with Crippen LogP contribution in [0.2, 0.25) is 0 Å². The van der Waals surface area contributed by atoms with E-state index in [0.29, 0.717) is 16.7 Å². The maximum Gasteiger partial charge on any atom is 0.266 e. The fourth-order valence-corrected chi connectivity index (χ4v) is 1.90. The second kappa shape index (κ2) is 5.75. The quantitative estimate of drug-likeness (QED) is 0.934. The van der Waals surface area contributed by atoms with Gasteiger partial charge in [-0.2, -0.15) is 4.37 Å². The van der Waals surface area contributed by atoms with Gasteiger partial charge in [-0.1, -0.05) is 0 Å². The molecule has 0 saturated heterocycles. The number of carbonyl (C=O) groups is 1. The van der Waals surface area contributed by atoms with E-state index in [4.69, 9.17) is 4.74 Å². The Bertz CT molecular complexity index is 571. The van der Waals surface area contributed by atoms with Gasteiger partial charge in [0.25, 0.3) is 5.91 Å². The van der Waals surface area contributed by atoms with Gasteiger partial charge in [-0.15, -0.1) is 0 Å². The summed E-state index contributed by atoms with van der Waals surface area (Å²) < 4.78 is 22.1. The van der Waals surface area contributed by atoms with Crippen molar-refractivity contribution < 1.29 is 13.9 Å². The molecule has 7 heteroatoms. The Kier molecular flexibility index (Phi) is 4.06. The topological polar surface area (TPSA) is 64.1 Å². The van der Waals surface area contributed by atoms with Crippen LogP contribution in [0.4, 0.5) is 9.52 Å². The molecule has 1 heterocycles. The van der Waals surface area contributed by atoms with Crippen molar-refractivity contribution in [2.75, 3.05) is 5.32 Å². The van der Waals surface area contributed by atoms with Crippen molar-refractivity contribution in [2.24, 2.45) is 0 Å². The molecule has 2 rings (SSSR count). The largest absolute Gasteiger partial charge is 0.481 e. The number of benzene rings is 1. The molecule has 0 spiro atoms. The Hall–Kier alpha value is -2.02. The number of halogens is 1. The van der Waals surface area contributed by atoms with Crippen LogP contribution in [-0.2, 0) is 4.79 Å². The van der Waals surface area contributed by atoms with Crippen LogP contribution in [0.25, 0.3) is 0 Å². The lowest BCUT2D eigenvalue weighted by Gasteiger charge is -2.13. The van der Waals surface area contributed by atoms with E-state index in [0.717, 1.165) is 11.5 Å². The molecule has 1 aromatic heterocycles. The van der Waals surface area contributed by atoms with E-state index in [-0.39, 0.29) is 11.7 Å². The summed E-state index contributed by atoms with van der Waals surface area (Å²) >= 11 is 1.11. The number of nitrogens with zero attached hydrogens (tertiary/aromatic N) is 2. The maximum absolute atomic E-state index is 12.7. The molecule has 1 aromatic carbocycles. The summed E-state index contributed by atoms with van der Waals surface area (Å²) in [7, 11) is 0. The molecule has 0 aliphatic rings. The number of hydrogen-bond acceptors (Lipinski definition) is 5. The first-order valence-corrected chi connectivity index (χ1v) is 6.35. The fourth-order valence-electron chi connectivity index (χ4n) is 1.33. The summed E-state index contributed by atoms with van der Waals surface area (Å²) in [6.07, 6.45) is -0.713. The summed E-state index contributed by atoms with van der Waals surface area (Å²) in [6.45, 7) is 3.34. The molecule has 0 unspecified atom stereocenters. The molecular weight excluding hydrogens is 269 g/mol. The zero-order chi connectivity index (χ0) is 13.8. The molecular formula is C12H12FN3O2S. The first-order chi connectivity index (χ1) is 9.04. The zero-order valence-corrected chi connectivity index (χ0v) is 11.2. The van der Waals surface area contributed by atoms with Gasteiger partial charge in [0.05, 0.1) is 0 Å². The minimum absolute atomic E-state index is 0.333. The first-order valence-electron chi connectivity index (χ1n) is 5.58. The van der Waals surface area contributed by atoms with Crippen molar-refractivity contribution in [1.82, 2.24) is 9.36 Å². The van der Waals surface area contributed by atoms with Gasteiger partial charge < -0.3 is 4.74 Å². The molecule has 2 aromatic rings. The minimum Gasteiger partial charge on any atom is -0.481 e. The summed E-state index contributed by atoms with van der Waals surface area (Å²) in [5.41, 5.74) is 0. The van der Waals surface area contributed by atoms with E-state index in [1.165, 1.54) is 24.3 Å². The lowest BCUT2D eigenvalue weighted by atomic mass is 10.3. The van der Waals surface area contributed by atoms with Gasteiger partial charge in [0, 0.05) is 11.5 Å². The van der Waals surface area contributed by atoms with Crippen LogP contribution in [0.5, 0.6) is 5.75 Å². The Morgan fingerprint density at radius 1 is 1.42 bits per heavy atom. The molecule has 0 fully saturated rings. The normalized spacial score (nSPS) is 11.9. The van der Waals surface area contributed by atoms with Gasteiger partial charge in [0.2, 0.25) is 5.13 Å². The second-order valence-corrected chi connectivity index (χ2v) is 4.60. The number of amides is 1. The van der Waals surface area contributed by atoms with Crippen LogP contribution in [0.15, 0.2) is 24.3 Å². The minimum atomic E-state index is -0.713. The average Bonchev–Trinajstić information content (AvgIpc) is 2.77. The monoisotopic (exact) mass is 281 g/mol. The van der Waals surface area contributed by atoms with Crippen LogP contribution >= 0.6 is 11.5 Å². The Morgan fingerprint density at radius 3 is 2.68 bits per heavy atom. The van der Waals surface area contributed by atoms with E-state index in [1.807, 2.05) is 0 Å². The highest BCUT2D eigenvalue weighted by molar-refractivity contribution is 7.09. The number of ether oxygens (including phenoxy) is 1. The number of rotatable bonds is 4. The van der Waals surface area contributed by atoms with Gasteiger partial charge in [-0.25, -0.2) is 9.37 Å². The number of aryl methyl sites for hydroxylation is 1. The van der Waals surface area contributed by atoms with Crippen LogP contribution < -0.4 is 10.1 Å². The number of aromatic nitrogens is 2. The number of carbonyl (C=O) groups excluding carboxylic acids is 1. The molecule has 1 N–H and O–H groups in total. The summed E-state index contributed by atoms with van der Waals surface area (Å²) in [5, 5.41) is 3.03. The number of hydrogen-bond donors (Lipinski definition) is 1. The average molecular weight is 281 g/mol. The SMILES string of the molecule is Cc1nsc(NC(=O)[C@@H](C)Oc2ccc(F)cc2)n1. The molecule has 0 radical (unpaired) electrons. The Morgan fingerprint density at radius 2 is 2.11 bits per heavy atom. The molecule has 1 atom stereocenters. The van der Waals surface area contributed by atoms with Crippen molar-refractivity contribution in [3.05, 3.63) is 35.9 Å². The molecule has 0 bridgehead atoms. The van der Waals surface area contributed by atoms with E-state index < -0.39 is 6.10 Å².